The number of aromatic nitrogens is 3. The van der Waals surface area contributed by atoms with Crippen LogP contribution in [-0.4, -0.2) is 19.7 Å². The lowest BCUT2D eigenvalue weighted by Crippen LogP contribution is -1.98. The largest absolute Gasteiger partial charge is 0.269 e. The van der Waals surface area contributed by atoms with E-state index in [9.17, 15) is 10.1 Å². The lowest BCUT2D eigenvalue weighted by molar-refractivity contribution is -0.384. The van der Waals surface area contributed by atoms with Crippen LogP contribution < -0.4 is 0 Å². The van der Waals surface area contributed by atoms with Crippen molar-refractivity contribution in [1.29, 1.82) is 0 Å². The molecule has 23 heavy (non-hydrogen) atoms. The van der Waals surface area contributed by atoms with Crippen molar-refractivity contribution in [3.63, 3.8) is 0 Å². The summed E-state index contributed by atoms with van der Waals surface area (Å²) >= 11 is 0. The van der Waals surface area contributed by atoms with Crippen molar-refractivity contribution >= 4 is 5.69 Å². The number of aryl methyl sites for hydroxylation is 1. The molecule has 6 heteroatoms. The van der Waals surface area contributed by atoms with E-state index in [1.165, 1.54) is 12.1 Å². The standard InChI is InChI=1S/C17H16N4O2/c1-2-3-14-12-16(8-10-18-14)20-11-9-17(19-20)13-4-6-15(7-5-13)21(22)23/h4-12H,2-3H2,1H3. The quantitative estimate of drug-likeness (QED) is 0.531. The normalized spacial score (nSPS) is 10.7. The molecule has 0 aliphatic rings. The first-order valence-corrected chi connectivity index (χ1v) is 7.43. The molecule has 0 unspecified atom stereocenters. The molecule has 0 radical (unpaired) electrons. The van der Waals surface area contributed by atoms with E-state index >= 15 is 0 Å². The van der Waals surface area contributed by atoms with Crippen LogP contribution in [0.3, 0.4) is 0 Å². The SMILES string of the molecule is CCCc1cc(-n2ccc(-c3ccc([N+](=O)[O-])cc3)n2)ccn1. The van der Waals surface area contributed by atoms with Crippen molar-refractivity contribution in [1.82, 2.24) is 14.8 Å². The van der Waals surface area contributed by atoms with Gasteiger partial charge in [-0.15, -0.1) is 0 Å². The third-order valence-electron chi connectivity index (χ3n) is 3.53. The second kappa shape index (κ2) is 6.39. The van der Waals surface area contributed by atoms with Gasteiger partial charge in [-0.25, -0.2) is 4.68 Å². The zero-order valence-corrected chi connectivity index (χ0v) is 12.7. The highest BCUT2D eigenvalue weighted by molar-refractivity contribution is 5.60. The monoisotopic (exact) mass is 308 g/mol. The lowest BCUT2D eigenvalue weighted by atomic mass is 10.1. The van der Waals surface area contributed by atoms with Gasteiger partial charge in [-0.2, -0.15) is 5.10 Å². The summed E-state index contributed by atoms with van der Waals surface area (Å²) in [5.74, 6) is 0. The predicted octanol–water partition coefficient (Wildman–Crippen LogP) is 3.80. The minimum Gasteiger partial charge on any atom is -0.261 e. The van der Waals surface area contributed by atoms with Gasteiger partial charge in [-0.3, -0.25) is 15.1 Å². The van der Waals surface area contributed by atoms with Gasteiger partial charge >= 0.3 is 0 Å². The van der Waals surface area contributed by atoms with E-state index in [1.807, 2.05) is 24.4 Å². The summed E-state index contributed by atoms with van der Waals surface area (Å²) in [5.41, 5.74) is 3.69. The molecule has 0 amide bonds. The summed E-state index contributed by atoms with van der Waals surface area (Å²) in [6.07, 6.45) is 5.64. The van der Waals surface area contributed by atoms with Crippen LogP contribution in [0, 0.1) is 10.1 Å². The van der Waals surface area contributed by atoms with Crippen molar-refractivity contribution < 1.29 is 4.92 Å². The highest BCUT2D eigenvalue weighted by Gasteiger charge is 2.08. The maximum Gasteiger partial charge on any atom is 0.269 e. The fourth-order valence-corrected chi connectivity index (χ4v) is 2.38. The molecule has 2 aromatic heterocycles. The van der Waals surface area contributed by atoms with Crippen LogP contribution in [0.2, 0.25) is 0 Å². The Hall–Kier alpha value is -3.02. The summed E-state index contributed by atoms with van der Waals surface area (Å²) in [4.78, 5) is 14.6. The molecule has 6 nitrogen and oxygen atoms in total. The topological polar surface area (TPSA) is 73.8 Å². The van der Waals surface area contributed by atoms with Gasteiger partial charge in [-0.05, 0) is 36.8 Å². The Morgan fingerprint density at radius 2 is 1.96 bits per heavy atom. The molecule has 0 atom stereocenters. The van der Waals surface area contributed by atoms with E-state index in [-0.39, 0.29) is 5.69 Å². The van der Waals surface area contributed by atoms with Crippen LogP contribution >= 0.6 is 0 Å². The Morgan fingerprint density at radius 3 is 2.65 bits per heavy atom. The lowest BCUT2D eigenvalue weighted by Gasteiger charge is -2.04. The van der Waals surface area contributed by atoms with Gasteiger partial charge in [0.05, 0.1) is 16.3 Å². The zero-order chi connectivity index (χ0) is 16.2. The average molecular weight is 308 g/mol. The van der Waals surface area contributed by atoms with Crippen LogP contribution in [0.1, 0.15) is 19.0 Å². The van der Waals surface area contributed by atoms with Crippen molar-refractivity contribution in [2.45, 2.75) is 19.8 Å². The molecule has 0 fully saturated rings. The smallest absolute Gasteiger partial charge is 0.261 e. The Bertz CT molecular complexity index is 825. The van der Waals surface area contributed by atoms with E-state index in [0.717, 1.165) is 35.5 Å². The Balaban J connectivity index is 1.88. The molecule has 2 heterocycles. The molecule has 3 aromatic rings. The first-order chi connectivity index (χ1) is 11.2. The van der Waals surface area contributed by atoms with Crippen molar-refractivity contribution in [3.05, 3.63) is 70.7 Å². The molecule has 0 saturated carbocycles. The summed E-state index contributed by atoms with van der Waals surface area (Å²) < 4.78 is 1.79. The number of non-ortho nitro benzene ring substituents is 1. The van der Waals surface area contributed by atoms with Crippen molar-refractivity contribution in [2.75, 3.05) is 0 Å². The van der Waals surface area contributed by atoms with Gasteiger partial charge in [0.25, 0.3) is 5.69 Å². The van der Waals surface area contributed by atoms with Gasteiger partial charge < -0.3 is 0 Å². The van der Waals surface area contributed by atoms with Crippen LogP contribution in [0.4, 0.5) is 5.69 Å². The molecule has 0 spiro atoms. The van der Waals surface area contributed by atoms with Crippen molar-refractivity contribution in [3.8, 4) is 16.9 Å². The fourth-order valence-electron chi connectivity index (χ4n) is 2.38. The Labute approximate surface area is 133 Å². The molecular weight excluding hydrogens is 292 g/mol. The molecule has 3 rings (SSSR count). The highest BCUT2D eigenvalue weighted by Crippen LogP contribution is 2.21. The molecule has 0 bridgehead atoms. The van der Waals surface area contributed by atoms with E-state index in [2.05, 4.69) is 17.0 Å². The average Bonchev–Trinajstić information content (AvgIpc) is 3.05. The van der Waals surface area contributed by atoms with Crippen LogP contribution in [0.15, 0.2) is 54.9 Å². The Kier molecular flexibility index (Phi) is 4.14. The number of nitro benzene ring substituents is 1. The summed E-state index contributed by atoms with van der Waals surface area (Å²) in [5, 5.41) is 15.2. The maximum atomic E-state index is 10.7. The summed E-state index contributed by atoms with van der Waals surface area (Å²) in [6, 6.07) is 12.2. The second-order valence-electron chi connectivity index (χ2n) is 5.20. The third kappa shape index (κ3) is 3.26. The van der Waals surface area contributed by atoms with Gasteiger partial charge in [0.2, 0.25) is 0 Å². The minimum absolute atomic E-state index is 0.0755. The molecule has 0 aliphatic carbocycles. The molecule has 0 saturated heterocycles. The second-order valence-corrected chi connectivity index (χ2v) is 5.20. The van der Waals surface area contributed by atoms with Gasteiger partial charge in [-0.1, -0.05) is 13.3 Å². The summed E-state index contributed by atoms with van der Waals surface area (Å²) in [7, 11) is 0. The van der Waals surface area contributed by atoms with Gasteiger partial charge in [0.1, 0.15) is 0 Å². The number of rotatable bonds is 5. The Morgan fingerprint density at radius 1 is 1.17 bits per heavy atom. The molecular formula is C17H16N4O2. The molecule has 1 aromatic carbocycles. The number of hydrogen-bond donors (Lipinski definition) is 0. The number of nitrogens with zero attached hydrogens (tertiary/aromatic N) is 4. The first kappa shape index (κ1) is 14.9. The number of pyridine rings is 1. The van der Waals surface area contributed by atoms with Crippen LogP contribution in [0.25, 0.3) is 16.9 Å². The number of benzene rings is 1. The predicted molar refractivity (Wildman–Crippen MR) is 87.4 cm³/mol. The minimum atomic E-state index is -0.408. The van der Waals surface area contributed by atoms with E-state index in [4.69, 9.17) is 0 Å². The number of nitro groups is 1. The van der Waals surface area contributed by atoms with E-state index < -0.39 is 4.92 Å². The van der Waals surface area contributed by atoms with E-state index in [1.54, 1.807) is 23.0 Å². The number of hydrogen-bond acceptors (Lipinski definition) is 4. The summed E-state index contributed by atoms with van der Waals surface area (Å²) in [6.45, 7) is 2.12. The fraction of sp³-hybridized carbons (Fsp3) is 0.176. The molecule has 0 aliphatic heterocycles. The van der Waals surface area contributed by atoms with E-state index in [0.29, 0.717) is 0 Å². The van der Waals surface area contributed by atoms with Crippen molar-refractivity contribution in [2.24, 2.45) is 0 Å². The van der Waals surface area contributed by atoms with Gasteiger partial charge in [0.15, 0.2) is 0 Å². The third-order valence-corrected chi connectivity index (χ3v) is 3.53. The van der Waals surface area contributed by atoms with Crippen LogP contribution in [0.5, 0.6) is 0 Å². The van der Waals surface area contributed by atoms with Gasteiger partial charge in [0, 0.05) is 35.8 Å². The highest BCUT2D eigenvalue weighted by atomic mass is 16.6. The van der Waals surface area contributed by atoms with Crippen LogP contribution in [-0.2, 0) is 6.42 Å². The first-order valence-electron chi connectivity index (χ1n) is 7.43. The molecule has 116 valence electrons. The maximum absolute atomic E-state index is 10.7. The zero-order valence-electron chi connectivity index (χ0n) is 12.7. The molecule has 0 N–H and O–H groups in total.